The minimum atomic E-state index is -0.432. The summed E-state index contributed by atoms with van der Waals surface area (Å²) in [5.41, 5.74) is 8.66. The molecule has 0 aliphatic carbocycles. The summed E-state index contributed by atoms with van der Waals surface area (Å²) in [5.74, 6) is 0.763. The number of carbonyl (C=O) groups is 1. The number of likely N-dealkylation sites (tertiary alicyclic amines) is 1. The van der Waals surface area contributed by atoms with Gasteiger partial charge < -0.3 is 10.6 Å². The number of hydrogen-bond donors (Lipinski definition) is 1. The normalized spacial score (nSPS) is 16.8. The van der Waals surface area contributed by atoms with Crippen LogP contribution in [-0.2, 0) is 17.6 Å². The first-order valence-electron chi connectivity index (χ1n) is 8.84. The number of nitrogens with zero attached hydrogens (tertiary/aromatic N) is 1. The Balaban J connectivity index is 1.48. The average molecular weight is 322 g/mol. The predicted molar refractivity (Wildman–Crippen MR) is 97.6 cm³/mol. The van der Waals surface area contributed by atoms with E-state index in [1.165, 1.54) is 5.56 Å². The van der Waals surface area contributed by atoms with Crippen LogP contribution in [-0.4, -0.2) is 29.9 Å². The van der Waals surface area contributed by atoms with Gasteiger partial charge in [0.1, 0.15) is 0 Å². The highest BCUT2D eigenvalue weighted by Gasteiger charge is 2.26. The molecule has 0 aromatic heterocycles. The van der Waals surface area contributed by atoms with E-state index in [0.717, 1.165) is 37.9 Å². The molecule has 126 valence electrons. The number of hydrogen-bond acceptors (Lipinski definition) is 2. The van der Waals surface area contributed by atoms with E-state index in [2.05, 4.69) is 30.3 Å². The Morgan fingerprint density at radius 1 is 0.958 bits per heavy atom. The van der Waals surface area contributed by atoms with E-state index in [1.807, 2.05) is 35.2 Å². The molecule has 1 aliphatic heterocycles. The van der Waals surface area contributed by atoms with E-state index in [1.54, 1.807) is 0 Å². The first-order chi connectivity index (χ1) is 11.7. The SMILES string of the molecule is N[C@H](Cc1ccccc1)C(=O)N1CCC(Cc2ccccc2)CC1. The summed E-state index contributed by atoms with van der Waals surface area (Å²) in [6.45, 7) is 1.66. The Kier molecular flexibility index (Phi) is 5.65. The second-order valence-corrected chi connectivity index (χ2v) is 6.75. The summed E-state index contributed by atoms with van der Waals surface area (Å²) < 4.78 is 0. The summed E-state index contributed by atoms with van der Waals surface area (Å²) >= 11 is 0. The zero-order valence-corrected chi connectivity index (χ0v) is 14.1. The van der Waals surface area contributed by atoms with Gasteiger partial charge in [-0.15, -0.1) is 0 Å². The quantitative estimate of drug-likeness (QED) is 0.920. The molecule has 3 heteroatoms. The maximum atomic E-state index is 12.6. The molecule has 2 aromatic rings. The zero-order chi connectivity index (χ0) is 16.8. The van der Waals surface area contributed by atoms with Crippen molar-refractivity contribution in [3.05, 3.63) is 71.8 Å². The molecule has 1 atom stereocenters. The topological polar surface area (TPSA) is 46.3 Å². The van der Waals surface area contributed by atoms with Crippen LogP contribution >= 0.6 is 0 Å². The molecule has 3 nitrogen and oxygen atoms in total. The van der Waals surface area contributed by atoms with Crippen LogP contribution in [0.5, 0.6) is 0 Å². The van der Waals surface area contributed by atoms with Crippen LogP contribution in [0.15, 0.2) is 60.7 Å². The van der Waals surface area contributed by atoms with Gasteiger partial charge in [-0.2, -0.15) is 0 Å². The van der Waals surface area contributed by atoms with Gasteiger partial charge >= 0.3 is 0 Å². The van der Waals surface area contributed by atoms with Gasteiger partial charge in [0.25, 0.3) is 0 Å². The van der Waals surface area contributed by atoms with Gasteiger partial charge in [-0.25, -0.2) is 0 Å². The molecule has 24 heavy (non-hydrogen) atoms. The van der Waals surface area contributed by atoms with Crippen molar-refractivity contribution in [2.24, 2.45) is 11.7 Å². The first-order valence-corrected chi connectivity index (χ1v) is 8.84. The standard InChI is InChI=1S/C21H26N2O/c22-20(16-18-9-5-2-6-10-18)21(24)23-13-11-19(12-14-23)15-17-7-3-1-4-8-17/h1-10,19-20H,11-16,22H2/t20-/m1/s1. The van der Waals surface area contributed by atoms with Crippen LogP contribution in [0, 0.1) is 5.92 Å². The fraction of sp³-hybridized carbons (Fsp3) is 0.381. The molecular formula is C21H26N2O. The molecular weight excluding hydrogens is 296 g/mol. The fourth-order valence-corrected chi connectivity index (χ4v) is 3.49. The van der Waals surface area contributed by atoms with Crippen LogP contribution in [0.1, 0.15) is 24.0 Å². The van der Waals surface area contributed by atoms with Crippen molar-refractivity contribution in [3.63, 3.8) is 0 Å². The van der Waals surface area contributed by atoms with E-state index in [0.29, 0.717) is 12.3 Å². The smallest absolute Gasteiger partial charge is 0.239 e. The van der Waals surface area contributed by atoms with E-state index in [4.69, 9.17) is 5.73 Å². The van der Waals surface area contributed by atoms with Gasteiger partial charge in [-0.05, 0) is 42.7 Å². The molecule has 1 fully saturated rings. The number of benzene rings is 2. The lowest BCUT2D eigenvalue weighted by molar-refractivity contribution is -0.133. The van der Waals surface area contributed by atoms with Crippen molar-refractivity contribution in [1.29, 1.82) is 0 Å². The molecule has 0 spiro atoms. The maximum absolute atomic E-state index is 12.6. The molecule has 0 unspecified atom stereocenters. The number of carbonyl (C=O) groups excluding carboxylic acids is 1. The van der Waals surface area contributed by atoms with Gasteiger partial charge in [0.05, 0.1) is 6.04 Å². The summed E-state index contributed by atoms with van der Waals surface area (Å²) in [6.07, 6.45) is 3.86. The third kappa shape index (κ3) is 4.45. The first kappa shape index (κ1) is 16.7. The molecule has 0 saturated carbocycles. The Hall–Kier alpha value is -2.13. The fourth-order valence-electron chi connectivity index (χ4n) is 3.49. The molecule has 1 aliphatic rings. The molecule has 3 rings (SSSR count). The van der Waals surface area contributed by atoms with Crippen molar-refractivity contribution < 1.29 is 4.79 Å². The Labute approximate surface area is 144 Å². The lowest BCUT2D eigenvalue weighted by Gasteiger charge is -2.33. The van der Waals surface area contributed by atoms with Gasteiger partial charge in [0, 0.05) is 13.1 Å². The van der Waals surface area contributed by atoms with E-state index >= 15 is 0 Å². The molecule has 0 bridgehead atoms. The lowest BCUT2D eigenvalue weighted by Crippen LogP contribution is -2.48. The minimum Gasteiger partial charge on any atom is -0.341 e. The zero-order valence-electron chi connectivity index (χ0n) is 14.1. The average Bonchev–Trinajstić information content (AvgIpc) is 2.63. The van der Waals surface area contributed by atoms with Crippen LogP contribution in [0.3, 0.4) is 0 Å². The summed E-state index contributed by atoms with van der Waals surface area (Å²) in [6, 6.07) is 20.2. The Morgan fingerprint density at radius 3 is 2.08 bits per heavy atom. The van der Waals surface area contributed by atoms with Crippen molar-refractivity contribution in [2.45, 2.75) is 31.7 Å². The number of amides is 1. The largest absolute Gasteiger partial charge is 0.341 e. The summed E-state index contributed by atoms with van der Waals surface area (Å²) in [5, 5.41) is 0. The minimum absolute atomic E-state index is 0.0945. The molecule has 1 saturated heterocycles. The van der Waals surface area contributed by atoms with Gasteiger partial charge in [0.2, 0.25) is 5.91 Å². The number of rotatable bonds is 5. The van der Waals surface area contributed by atoms with Crippen molar-refractivity contribution in [3.8, 4) is 0 Å². The van der Waals surface area contributed by atoms with Crippen molar-refractivity contribution in [2.75, 3.05) is 13.1 Å². The Bertz CT molecular complexity index is 633. The van der Waals surface area contributed by atoms with E-state index < -0.39 is 6.04 Å². The van der Waals surface area contributed by atoms with Crippen LogP contribution < -0.4 is 5.73 Å². The van der Waals surface area contributed by atoms with Gasteiger partial charge in [0.15, 0.2) is 0 Å². The molecule has 0 radical (unpaired) electrons. The second-order valence-electron chi connectivity index (χ2n) is 6.75. The van der Waals surface area contributed by atoms with Gasteiger partial charge in [-0.3, -0.25) is 4.79 Å². The van der Waals surface area contributed by atoms with Crippen molar-refractivity contribution in [1.82, 2.24) is 4.90 Å². The van der Waals surface area contributed by atoms with Crippen LogP contribution in [0.25, 0.3) is 0 Å². The Morgan fingerprint density at radius 2 is 1.50 bits per heavy atom. The molecule has 1 amide bonds. The van der Waals surface area contributed by atoms with Gasteiger partial charge in [-0.1, -0.05) is 60.7 Å². The third-order valence-corrected chi connectivity index (χ3v) is 4.91. The highest BCUT2D eigenvalue weighted by atomic mass is 16.2. The highest BCUT2D eigenvalue weighted by molar-refractivity contribution is 5.82. The number of nitrogens with two attached hydrogens (primary N) is 1. The van der Waals surface area contributed by atoms with Crippen LogP contribution in [0.4, 0.5) is 0 Å². The highest BCUT2D eigenvalue weighted by Crippen LogP contribution is 2.22. The summed E-state index contributed by atoms with van der Waals surface area (Å²) in [4.78, 5) is 14.5. The van der Waals surface area contributed by atoms with Crippen molar-refractivity contribution >= 4 is 5.91 Å². The van der Waals surface area contributed by atoms with E-state index in [9.17, 15) is 4.79 Å². The third-order valence-electron chi connectivity index (χ3n) is 4.91. The number of piperidine rings is 1. The second kappa shape index (κ2) is 8.11. The molecule has 2 aromatic carbocycles. The van der Waals surface area contributed by atoms with Crippen LogP contribution in [0.2, 0.25) is 0 Å². The predicted octanol–water partition coefficient (Wildman–Crippen LogP) is 3.04. The molecule has 2 N–H and O–H groups in total. The monoisotopic (exact) mass is 322 g/mol. The van der Waals surface area contributed by atoms with E-state index in [-0.39, 0.29) is 5.91 Å². The lowest BCUT2D eigenvalue weighted by atomic mass is 9.90. The summed E-state index contributed by atoms with van der Waals surface area (Å²) in [7, 11) is 0. The maximum Gasteiger partial charge on any atom is 0.239 e. The molecule has 1 heterocycles.